The van der Waals surface area contributed by atoms with Gasteiger partial charge >= 0.3 is 5.97 Å². The van der Waals surface area contributed by atoms with Crippen molar-refractivity contribution < 1.29 is 9.90 Å². The van der Waals surface area contributed by atoms with Crippen molar-refractivity contribution >= 4 is 5.97 Å². The van der Waals surface area contributed by atoms with Gasteiger partial charge in [-0.3, -0.25) is 4.79 Å². The summed E-state index contributed by atoms with van der Waals surface area (Å²) in [7, 11) is 0. The smallest absolute Gasteiger partial charge is 0.304 e. The molecule has 0 aliphatic carbocycles. The van der Waals surface area contributed by atoms with Gasteiger partial charge in [-0.2, -0.15) is 0 Å². The van der Waals surface area contributed by atoms with Crippen molar-refractivity contribution in [2.75, 3.05) is 0 Å². The predicted octanol–water partition coefficient (Wildman–Crippen LogP) is 1.76. The third-order valence-electron chi connectivity index (χ3n) is 3.02. The minimum absolute atomic E-state index is 0.0490. The summed E-state index contributed by atoms with van der Waals surface area (Å²) >= 11 is 0. The van der Waals surface area contributed by atoms with E-state index in [2.05, 4.69) is 4.98 Å². The van der Waals surface area contributed by atoms with Crippen LogP contribution in [0.4, 0.5) is 0 Å². The molecule has 0 saturated carbocycles. The van der Waals surface area contributed by atoms with Crippen LogP contribution in [0.15, 0.2) is 12.5 Å². The van der Waals surface area contributed by atoms with E-state index in [1.165, 1.54) is 0 Å². The summed E-state index contributed by atoms with van der Waals surface area (Å²) in [4.78, 5) is 15.0. The van der Waals surface area contributed by atoms with Gasteiger partial charge < -0.3 is 15.4 Å². The van der Waals surface area contributed by atoms with Gasteiger partial charge in [0.15, 0.2) is 0 Å². The lowest BCUT2D eigenvalue weighted by atomic mass is 9.91. The molecule has 0 fully saturated rings. The van der Waals surface area contributed by atoms with Crippen molar-refractivity contribution in [3.8, 4) is 0 Å². The lowest BCUT2D eigenvalue weighted by Crippen LogP contribution is -2.31. The molecule has 1 aromatic rings. The summed E-state index contributed by atoms with van der Waals surface area (Å²) in [6, 6.07) is 0.105. The monoisotopic (exact) mass is 239 g/mol. The van der Waals surface area contributed by atoms with E-state index in [9.17, 15) is 4.79 Å². The maximum absolute atomic E-state index is 10.9. The molecule has 1 rings (SSSR count). The highest BCUT2D eigenvalue weighted by Crippen LogP contribution is 2.26. The minimum Gasteiger partial charge on any atom is -0.481 e. The fraction of sp³-hybridized carbons (Fsp3) is 0.667. The lowest BCUT2D eigenvalue weighted by Gasteiger charge is -2.24. The quantitative estimate of drug-likeness (QED) is 0.792. The van der Waals surface area contributed by atoms with Gasteiger partial charge in [0.05, 0.1) is 12.7 Å². The molecule has 5 nitrogen and oxygen atoms in total. The molecule has 96 valence electrons. The number of aliphatic carboxylic acids is 1. The van der Waals surface area contributed by atoms with E-state index in [0.717, 1.165) is 12.1 Å². The molecule has 0 bridgehead atoms. The molecule has 0 radical (unpaired) electrons. The number of imidazole rings is 1. The van der Waals surface area contributed by atoms with Crippen molar-refractivity contribution in [3.63, 3.8) is 0 Å². The van der Waals surface area contributed by atoms with Crippen LogP contribution in [0.2, 0.25) is 0 Å². The molecule has 1 aromatic heterocycles. The van der Waals surface area contributed by atoms with Gasteiger partial charge in [0, 0.05) is 29.9 Å². The molecule has 17 heavy (non-hydrogen) atoms. The van der Waals surface area contributed by atoms with Crippen LogP contribution in [-0.2, 0) is 4.79 Å². The Bertz CT molecular complexity index is 374. The highest BCUT2D eigenvalue weighted by molar-refractivity contribution is 5.68. The lowest BCUT2D eigenvalue weighted by molar-refractivity contribution is -0.137. The summed E-state index contributed by atoms with van der Waals surface area (Å²) in [5.74, 6) is -1.00. The molecule has 3 N–H and O–H groups in total. The number of carbonyl (C=O) groups is 1. The average molecular weight is 239 g/mol. The minimum atomic E-state index is -0.824. The van der Waals surface area contributed by atoms with E-state index in [0.29, 0.717) is 0 Å². The molecule has 0 aliphatic heterocycles. The predicted molar refractivity (Wildman–Crippen MR) is 65.9 cm³/mol. The number of hydrogen-bond donors (Lipinski definition) is 2. The van der Waals surface area contributed by atoms with Gasteiger partial charge in [-0.05, 0) is 20.3 Å². The Morgan fingerprint density at radius 1 is 1.59 bits per heavy atom. The summed E-state index contributed by atoms with van der Waals surface area (Å²) in [6.45, 7) is 6.05. The van der Waals surface area contributed by atoms with Crippen molar-refractivity contribution in [2.45, 2.75) is 51.6 Å². The molecule has 1 heterocycles. The summed E-state index contributed by atoms with van der Waals surface area (Å²) in [6.07, 6.45) is 4.26. The Morgan fingerprint density at radius 2 is 2.24 bits per heavy atom. The first-order valence-electron chi connectivity index (χ1n) is 5.96. The number of carboxylic acids is 1. The Morgan fingerprint density at radius 3 is 2.71 bits per heavy atom. The topological polar surface area (TPSA) is 81.1 Å². The number of nitrogens with zero attached hydrogens (tertiary/aromatic N) is 2. The van der Waals surface area contributed by atoms with Crippen LogP contribution in [-0.4, -0.2) is 26.7 Å². The van der Waals surface area contributed by atoms with E-state index < -0.39 is 5.97 Å². The van der Waals surface area contributed by atoms with E-state index in [1.54, 1.807) is 12.5 Å². The van der Waals surface area contributed by atoms with Crippen LogP contribution >= 0.6 is 0 Å². The standard InChI is InChI=1S/C12H21N3O2/c1-4-10(13)9(5-12(16)17)11-6-14-7-15(11)8(2)3/h6-10H,4-5,13H2,1-3H3,(H,16,17). The zero-order valence-electron chi connectivity index (χ0n) is 10.6. The van der Waals surface area contributed by atoms with Crippen LogP contribution in [0, 0.1) is 0 Å². The van der Waals surface area contributed by atoms with Gasteiger partial charge in [-0.25, -0.2) is 4.98 Å². The van der Waals surface area contributed by atoms with Crippen LogP contribution < -0.4 is 5.73 Å². The first-order valence-corrected chi connectivity index (χ1v) is 5.96. The van der Waals surface area contributed by atoms with Crippen molar-refractivity contribution in [1.82, 2.24) is 9.55 Å². The maximum atomic E-state index is 10.9. The van der Waals surface area contributed by atoms with Gasteiger partial charge in [0.25, 0.3) is 0 Å². The zero-order chi connectivity index (χ0) is 13.0. The van der Waals surface area contributed by atoms with E-state index >= 15 is 0 Å². The van der Waals surface area contributed by atoms with Crippen molar-refractivity contribution in [3.05, 3.63) is 18.2 Å². The second-order valence-electron chi connectivity index (χ2n) is 4.60. The average Bonchev–Trinajstić information content (AvgIpc) is 2.73. The Balaban J connectivity index is 3.03. The number of carboxylic acid groups (broad SMARTS) is 1. The number of rotatable bonds is 6. The number of hydrogen-bond acceptors (Lipinski definition) is 3. The molecule has 0 aromatic carbocycles. The second kappa shape index (κ2) is 5.82. The van der Waals surface area contributed by atoms with Crippen molar-refractivity contribution in [1.29, 1.82) is 0 Å². The Kier molecular flexibility index (Phi) is 4.69. The molecule has 0 saturated heterocycles. The van der Waals surface area contributed by atoms with Gasteiger partial charge in [0.1, 0.15) is 0 Å². The first-order chi connectivity index (χ1) is 7.97. The van der Waals surface area contributed by atoms with Crippen LogP contribution in [0.5, 0.6) is 0 Å². The molecular formula is C12H21N3O2. The molecule has 5 heteroatoms. The van der Waals surface area contributed by atoms with E-state index in [-0.39, 0.29) is 24.4 Å². The number of aromatic nitrogens is 2. The molecule has 0 aliphatic rings. The molecular weight excluding hydrogens is 218 g/mol. The van der Waals surface area contributed by atoms with Gasteiger partial charge in [-0.1, -0.05) is 6.92 Å². The van der Waals surface area contributed by atoms with Crippen LogP contribution in [0.25, 0.3) is 0 Å². The molecule has 0 spiro atoms. The molecule has 2 atom stereocenters. The normalized spacial score (nSPS) is 14.9. The van der Waals surface area contributed by atoms with Crippen LogP contribution in [0.1, 0.15) is 51.3 Å². The molecule has 0 amide bonds. The van der Waals surface area contributed by atoms with E-state index in [1.807, 2.05) is 25.3 Å². The Labute approximate surface area is 102 Å². The van der Waals surface area contributed by atoms with E-state index in [4.69, 9.17) is 10.8 Å². The fourth-order valence-electron chi connectivity index (χ4n) is 1.98. The third-order valence-corrected chi connectivity index (χ3v) is 3.02. The van der Waals surface area contributed by atoms with Crippen LogP contribution in [0.3, 0.4) is 0 Å². The summed E-state index contributed by atoms with van der Waals surface area (Å²) in [5.41, 5.74) is 6.93. The summed E-state index contributed by atoms with van der Waals surface area (Å²) < 4.78 is 1.99. The number of nitrogens with two attached hydrogens (primary N) is 1. The fourth-order valence-corrected chi connectivity index (χ4v) is 1.98. The maximum Gasteiger partial charge on any atom is 0.304 e. The van der Waals surface area contributed by atoms with Crippen molar-refractivity contribution in [2.24, 2.45) is 5.73 Å². The summed E-state index contributed by atoms with van der Waals surface area (Å²) in [5, 5.41) is 8.97. The third kappa shape index (κ3) is 3.30. The molecule has 2 unspecified atom stereocenters. The largest absolute Gasteiger partial charge is 0.481 e. The second-order valence-corrected chi connectivity index (χ2v) is 4.60. The zero-order valence-corrected chi connectivity index (χ0v) is 10.6. The first kappa shape index (κ1) is 13.7. The SMILES string of the molecule is CCC(N)C(CC(=O)O)c1cncn1C(C)C. The highest BCUT2D eigenvalue weighted by Gasteiger charge is 2.25. The van der Waals surface area contributed by atoms with Gasteiger partial charge in [0.2, 0.25) is 0 Å². The van der Waals surface area contributed by atoms with Gasteiger partial charge in [-0.15, -0.1) is 0 Å². The Hall–Kier alpha value is -1.36. The highest BCUT2D eigenvalue weighted by atomic mass is 16.4.